The average molecular weight is 268 g/mol. The molecule has 0 unspecified atom stereocenters. The Balaban J connectivity index is 2.39. The van der Waals surface area contributed by atoms with E-state index in [1.807, 2.05) is 6.92 Å². The lowest BCUT2D eigenvalue weighted by molar-refractivity contribution is -0.117. The van der Waals surface area contributed by atoms with Gasteiger partial charge in [0.15, 0.2) is 0 Å². The number of rotatable bonds is 3. The number of sulfonamides is 1. The van der Waals surface area contributed by atoms with Crippen molar-refractivity contribution in [2.75, 3.05) is 5.32 Å². The average Bonchev–Trinajstić information content (AvgIpc) is 3.06. The van der Waals surface area contributed by atoms with Gasteiger partial charge >= 0.3 is 0 Å². The minimum atomic E-state index is -3.76. The predicted molar refractivity (Wildman–Crippen MR) is 68.6 cm³/mol. The Labute approximate surface area is 106 Å². The molecule has 0 saturated heterocycles. The Kier molecular flexibility index (Phi) is 3.16. The van der Waals surface area contributed by atoms with Crippen molar-refractivity contribution in [1.82, 2.24) is 0 Å². The van der Waals surface area contributed by atoms with Crippen LogP contribution in [0, 0.1) is 19.8 Å². The molecule has 0 radical (unpaired) electrons. The van der Waals surface area contributed by atoms with Gasteiger partial charge in [0.1, 0.15) is 0 Å². The molecule has 1 aliphatic carbocycles. The van der Waals surface area contributed by atoms with Gasteiger partial charge in [-0.05, 0) is 49.9 Å². The van der Waals surface area contributed by atoms with E-state index in [0.717, 1.165) is 24.0 Å². The molecule has 0 heterocycles. The van der Waals surface area contributed by atoms with Crippen LogP contribution in [0.15, 0.2) is 17.0 Å². The van der Waals surface area contributed by atoms with Gasteiger partial charge in [0, 0.05) is 11.6 Å². The van der Waals surface area contributed by atoms with E-state index in [1.165, 1.54) is 12.1 Å². The van der Waals surface area contributed by atoms with Crippen LogP contribution in [0.5, 0.6) is 0 Å². The summed E-state index contributed by atoms with van der Waals surface area (Å²) >= 11 is 0. The van der Waals surface area contributed by atoms with Crippen molar-refractivity contribution in [2.45, 2.75) is 31.6 Å². The molecule has 0 spiro atoms. The maximum absolute atomic E-state index is 11.7. The van der Waals surface area contributed by atoms with E-state index in [9.17, 15) is 13.2 Å². The zero-order valence-electron chi connectivity index (χ0n) is 10.4. The molecule has 5 nitrogen and oxygen atoms in total. The summed E-state index contributed by atoms with van der Waals surface area (Å²) in [6.45, 7) is 3.63. The quantitative estimate of drug-likeness (QED) is 0.865. The molecule has 3 N–H and O–H groups in total. The van der Waals surface area contributed by atoms with Gasteiger partial charge in [-0.1, -0.05) is 0 Å². The monoisotopic (exact) mass is 268 g/mol. The summed E-state index contributed by atoms with van der Waals surface area (Å²) in [4.78, 5) is 11.7. The van der Waals surface area contributed by atoms with Crippen LogP contribution in [0.25, 0.3) is 0 Å². The second-order valence-electron chi connectivity index (χ2n) is 4.72. The number of amides is 1. The van der Waals surface area contributed by atoms with E-state index >= 15 is 0 Å². The van der Waals surface area contributed by atoms with Crippen molar-refractivity contribution in [2.24, 2.45) is 11.1 Å². The van der Waals surface area contributed by atoms with Crippen molar-refractivity contribution < 1.29 is 13.2 Å². The van der Waals surface area contributed by atoms with Gasteiger partial charge in [-0.3, -0.25) is 4.79 Å². The summed E-state index contributed by atoms with van der Waals surface area (Å²) in [6.07, 6.45) is 1.80. The lowest BCUT2D eigenvalue weighted by Crippen LogP contribution is -2.17. The summed E-state index contributed by atoms with van der Waals surface area (Å²) < 4.78 is 22.7. The molecule has 1 saturated carbocycles. The molecule has 0 bridgehead atoms. The van der Waals surface area contributed by atoms with E-state index in [-0.39, 0.29) is 16.7 Å². The SMILES string of the molecule is Cc1cc(S(N)(=O)=O)cc(NC(=O)C2CC2)c1C. The van der Waals surface area contributed by atoms with E-state index in [0.29, 0.717) is 5.69 Å². The van der Waals surface area contributed by atoms with Crippen molar-refractivity contribution in [3.63, 3.8) is 0 Å². The van der Waals surface area contributed by atoms with Crippen molar-refractivity contribution in [3.05, 3.63) is 23.3 Å². The second kappa shape index (κ2) is 4.37. The van der Waals surface area contributed by atoms with Crippen molar-refractivity contribution in [3.8, 4) is 0 Å². The number of hydrogen-bond donors (Lipinski definition) is 2. The first-order valence-corrected chi connectivity index (χ1v) is 7.28. The number of anilines is 1. The molecule has 1 amide bonds. The van der Waals surface area contributed by atoms with Gasteiger partial charge in [0.2, 0.25) is 15.9 Å². The number of benzene rings is 1. The number of nitrogens with one attached hydrogen (secondary N) is 1. The van der Waals surface area contributed by atoms with E-state index in [4.69, 9.17) is 5.14 Å². The zero-order valence-corrected chi connectivity index (χ0v) is 11.2. The summed E-state index contributed by atoms with van der Waals surface area (Å²) in [7, 11) is -3.76. The van der Waals surface area contributed by atoms with Crippen LogP contribution in [-0.4, -0.2) is 14.3 Å². The molecule has 6 heteroatoms. The van der Waals surface area contributed by atoms with Crippen LogP contribution < -0.4 is 10.5 Å². The molecular weight excluding hydrogens is 252 g/mol. The predicted octanol–water partition coefficient (Wildman–Crippen LogP) is 1.30. The highest BCUT2D eigenvalue weighted by Gasteiger charge is 2.30. The first-order chi connectivity index (χ1) is 8.29. The summed E-state index contributed by atoms with van der Waals surface area (Å²) in [5, 5.41) is 7.87. The molecular formula is C12H16N2O3S. The van der Waals surface area contributed by atoms with Crippen LogP contribution in [0.3, 0.4) is 0 Å². The normalized spacial score (nSPS) is 15.5. The van der Waals surface area contributed by atoms with Crippen molar-refractivity contribution in [1.29, 1.82) is 0 Å². The maximum Gasteiger partial charge on any atom is 0.238 e. The topological polar surface area (TPSA) is 89.3 Å². The number of carbonyl (C=O) groups excluding carboxylic acids is 1. The van der Waals surface area contributed by atoms with Gasteiger partial charge in [-0.2, -0.15) is 0 Å². The van der Waals surface area contributed by atoms with Crippen LogP contribution in [-0.2, 0) is 14.8 Å². The maximum atomic E-state index is 11.7. The van der Waals surface area contributed by atoms with Gasteiger partial charge in [0.25, 0.3) is 0 Å². The minimum Gasteiger partial charge on any atom is -0.326 e. The highest BCUT2D eigenvalue weighted by molar-refractivity contribution is 7.89. The summed E-state index contributed by atoms with van der Waals surface area (Å²) in [6, 6.07) is 2.93. The largest absolute Gasteiger partial charge is 0.326 e. The molecule has 1 fully saturated rings. The molecule has 18 heavy (non-hydrogen) atoms. The molecule has 1 aliphatic rings. The van der Waals surface area contributed by atoms with Crippen molar-refractivity contribution >= 4 is 21.6 Å². The lowest BCUT2D eigenvalue weighted by Gasteiger charge is -2.12. The Morgan fingerprint density at radius 1 is 1.33 bits per heavy atom. The summed E-state index contributed by atoms with van der Waals surface area (Å²) in [5.41, 5.74) is 2.17. The standard InChI is InChI=1S/C12H16N2O3S/c1-7-5-10(18(13,16)17)6-11(8(7)2)14-12(15)9-3-4-9/h5-6,9H,3-4H2,1-2H3,(H,14,15)(H2,13,16,17). The molecule has 2 rings (SSSR count). The third kappa shape index (κ3) is 2.70. The van der Waals surface area contributed by atoms with E-state index < -0.39 is 10.0 Å². The molecule has 0 atom stereocenters. The Bertz CT molecular complexity index is 604. The first kappa shape index (κ1) is 13.0. The third-order valence-corrected chi connectivity index (χ3v) is 4.07. The van der Waals surface area contributed by atoms with E-state index in [1.54, 1.807) is 6.92 Å². The van der Waals surface area contributed by atoms with Gasteiger partial charge in [0.05, 0.1) is 4.90 Å². The number of nitrogens with two attached hydrogens (primary N) is 1. The first-order valence-electron chi connectivity index (χ1n) is 5.74. The fourth-order valence-corrected chi connectivity index (χ4v) is 2.32. The summed E-state index contributed by atoms with van der Waals surface area (Å²) in [5.74, 6) is 0.0203. The molecule has 0 aromatic heterocycles. The smallest absolute Gasteiger partial charge is 0.238 e. The fourth-order valence-electron chi connectivity index (χ4n) is 1.70. The highest BCUT2D eigenvalue weighted by atomic mass is 32.2. The molecule has 1 aromatic rings. The third-order valence-electron chi connectivity index (χ3n) is 3.18. The highest BCUT2D eigenvalue weighted by Crippen LogP contribution is 2.31. The number of primary sulfonamides is 1. The minimum absolute atomic E-state index is 0.0247. The molecule has 0 aliphatic heterocycles. The Morgan fingerprint density at radius 3 is 2.44 bits per heavy atom. The Hall–Kier alpha value is -1.40. The lowest BCUT2D eigenvalue weighted by atomic mass is 10.1. The fraction of sp³-hybridized carbons (Fsp3) is 0.417. The van der Waals surface area contributed by atoms with Crippen LogP contribution >= 0.6 is 0 Å². The van der Waals surface area contributed by atoms with Gasteiger partial charge in [-0.15, -0.1) is 0 Å². The van der Waals surface area contributed by atoms with E-state index in [2.05, 4.69) is 5.32 Å². The molecule has 1 aromatic carbocycles. The van der Waals surface area contributed by atoms with Gasteiger partial charge in [-0.25, -0.2) is 13.6 Å². The zero-order chi connectivity index (χ0) is 13.5. The number of hydrogen-bond acceptors (Lipinski definition) is 3. The number of aryl methyl sites for hydroxylation is 1. The second-order valence-corrected chi connectivity index (χ2v) is 6.28. The van der Waals surface area contributed by atoms with Crippen LogP contribution in [0.1, 0.15) is 24.0 Å². The van der Waals surface area contributed by atoms with Gasteiger partial charge < -0.3 is 5.32 Å². The Morgan fingerprint density at radius 2 is 1.94 bits per heavy atom. The molecule has 98 valence electrons. The number of carbonyl (C=O) groups is 1. The van der Waals surface area contributed by atoms with Crippen LogP contribution in [0.4, 0.5) is 5.69 Å². The van der Waals surface area contributed by atoms with Crippen LogP contribution in [0.2, 0.25) is 0 Å².